The van der Waals surface area contributed by atoms with E-state index < -0.39 is 0 Å². The van der Waals surface area contributed by atoms with Crippen molar-refractivity contribution in [2.45, 2.75) is 0 Å². The number of hydrogen-bond donors (Lipinski definition) is 1. The van der Waals surface area contributed by atoms with Crippen molar-refractivity contribution in [3.63, 3.8) is 0 Å². The molecule has 0 radical (unpaired) electrons. The van der Waals surface area contributed by atoms with E-state index in [0.717, 1.165) is 5.56 Å². The van der Waals surface area contributed by atoms with Crippen LogP contribution in [0.3, 0.4) is 0 Å². The Morgan fingerprint density at radius 1 is 1.08 bits per heavy atom. The molecule has 0 aliphatic heterocycles. The van der Waals surface area contributed by atoms with Crippen molar-refractivity contribution in [3.8, 4) is 11.5 Å². The molecule has 5 nitrogen and oxygen atoms in total. The van der Waals surface area contributed by atoms with Crippen LogP contribution in [0.4, 0.5) is 0 Å². The molecule has 2 aromatic rings. The first kappa shape index (κ1) is 17.3. The van der Waals surface area contributed by atoms with Crippen LogP contribution in [0.25, 0.3) is 6.08 Å². The van der Waals surface area contributed by atoms with Crippen molar-refractivity contribution in [3.05, 3.63) is 65.7 Å². The molecule has 124 valence electrons. The van der Waals surface area contributed by atoms with Crippen LogP contribution in [0.1, 0.15) is 15.9 Å². The summed E-state index contributed by atoms with van der Waals surface area (Å²) in [5.74, 6) is 0.900. The second-order valence-electron chi connectivity index (χ2n) is 4.93. The number of para-hydroxylation sites is 1. The molecule has 1 amide bonds. The standard InChI is InChI=1S/C19H19NO4/c1-20-19(22)13-24-16-10-7-14(8-11-16)17(21)12-9-15-5-3-4-6-18(15)23-2/h3-12H,13H2,1-2H3,(H,20,22)/b12-9+. The number of carbonyl (C=O) groups is 2. The zero-order chi connectivity index (χ0) is 17.4. The fraction of sp³-hybridized carbons (Fsp3) is 0.158. The Hall–Kier alpha value is -3.08. The van der Waals surface area contributed by atoms with Crippen molar-refractivity contribution in [2.24, 2.45) is 0 Å². The van der Waals surface area contributed by atoms with E-state index in [1.165, 1.54) is 6.08 Å². The van der Waals surface area contributed by atoms with E-state index >= 15 is 0 Å². The number of ketones is 1. The van der Waals surface area contributed by atoms with E-state index in [-0.39, 0.29) is 18.3 Å². The van der Waals surface area contributed by atoms with Crippen LogP contribution >= 0.6 is 0 Å². The van der Waals surface area contributed by atoms with Gasteiger partial charge < -0.3 is 14.8 Å². The molecule has 1 N–H and O–H groups in total. The number of methoxy groups -OCH3 is 1. The largest absolute Gasteiger partial charge is 0.496 e. The Balaban J connectivity index is 2.02. The average molecular weight is 325 g/mol. The monoisotopic (exact) mass is 325 g/mol. The van der Waals surface area contributed by atoms with Crippen molar-refractivity contribution in [1.29, 1.82) is 0 Å². The highest BCUT2D eigenvalue weighted by Gasteiger charge is 2.05. The van der Waals surface area contributed by atoms with Gasteiger partial charge in [-0.05, 0) is 42.5 Å². The van der Waals surface area contributed by atoms with Crippen LogP contribution in [0, 0.1) is 0 Å². The molecule has 0 spiro atoms. The van der Waals surface area contributed by atoms with Gasteiger partial charge in [0.05, 0.1) is 7.11 Å². The summed E-state index contributed by atoms with van der Waals surface area (Å²) in [7, 11) is 3.13. The van der Waals surface area contributed by atoms with E-state index in [9.17, 15) is 9.59 Å². The molecule has 0 saturated heterocycles. The fourth-order valence-corrected chi connectivity index (χ4v) is 2.00. The average Bonchev–Trinajstić information content (AvgIpc) is 2.64. The molecule has 2 rings (SSSR count). The van der Waals surface area contributed by atoms with Crippen molar-refractivity contribution in [1.82, 2.24) is 5.32 Å². The Morgan fingerprint density at radius 2 is 1.79 bits per heavy atom. The number of ether oxygens (including phenoxy) is 2. The zero-order valence-electron chi connectivity index (χ0n) is 13.6. The predicted octanol–water partition coefficient (Wildman–Crippen LogP) is 2.72. The molecular weight excluding hydrogens is 306 g/mol. The smallest absolute Gasteiger partial charge is 0.257 e. The maximum absolute atomic E-state index is 12.2. The third kappa shape index (κ3) is 4.71. The molecule has 0 saturated carbocycles. The number of amides is 1. The van der Waals surface area contributed by atoms with E-state index in [2.05, 4.69) is 5.32 Å². The Labute approximate surface area is 140 Å². The lowest BCUT2D eigenvalue weighted by molar-refractivity contribution is -0.122. The number of rotatable bonds is 7. The minimum Gasteiger partial charge on any atom is -0.496 e. The van der Waals surface area contributed by atoms with Gasteiger partial charge in [0.2, 0.25) is 0 Å². The molecule has 0 aromatic heterocycles. The SMILES string of the molecule is CNC(=O)COc1ccc(C(=O)/C=C/c2ccccc2OC)cc1. The van der Waals surface area contributed by atoms with Gasteiger partial charge in [0, 0.05) is 18.2 Å². The van der Waals surface area contributed by atoms with E-state index in [4.69, 9.17) is 9.47 Å². The number of benzene rings is 2. The Bertz CT molecular complexity index is 735. The molecule has 0 aliphatic carbocycles. The molecule has 0 fully saturated rings. The summed E-state index contributed by atoms with van der Waals surface area (Å²) in [5.41, 5.74) is 1.37. The zero-order valence-corrected chi connectivity index (χ0v) is 13.6. The van der Waals surface area contributed by atoms with Crippen molar-refractivity contribution >= 4 is 17.8 Å². The lowest BCUT2D eigenvalue weighted by atomic mass is 10.1. The summed E-state index contributed by atoms with van der Waals surface area (Å²) in [5, 5.41) is 2.47. The van der Waals surface area contributed by atoms with Crippen LogP contribution in [0.15, 0.2) is 54.6 Å². The summed E-state index contributed by atoms with van der Waals surface area (Å²) in [4.78, 5) is 23.3. The summed E-state index contributed by atoms with van der Waals surface area (Å²) in [6.07, 6.45) is 3.22. The van der Waals surface area contributed by atoms with Gasteiger partial charge in [-0.2, -0.15) is 0 Å². The van der Waals surface area contributed by atoms with Crippen LogP contribution in [-0.4, -0.2) is 32.5 Å². The van der Waals surface area contributed by atoms with Crippen LogP contribution in [-0.2, 0) is 4.79 Å². The van der Waals surface area contributed by atoms with Gasteiger partial charge in [-0.1, -0.05) is 18.2 Å². The molecule has 0 unspecified atom stereocenters. The Kier molecular flexibility index (Phi) is 6.14. The topological polar surface area (TPSA) is 64.6 Å². The third-order valence-corrected chi connectivity index (χ3v) is 3.34. The first-order valence-corrected chi connectivity index (χ1v) is 7.43. The predicted molar refractivity (Wildman–Crippen MR) is 92.4 cm³/mol. The van der Waals surface area contributed by atoms with E-state index in [1.807, 2.05) is 24.3 Å². The van der Waals surface area contributed by atoms with Gasteiger partial charge in [0.15, 0.2) is 12.4 Å². The maximum Gasteiger partial charge on any atom is 0.257 e. The fourth-order valence-electron chi connectivity index (χ4n) is 2.00. The lowest BCUT2D eigenvalue weighted by Crippen LogP contribution is -2.24. The van der Waals surface area contributed by atoms with Gasteiger partial charge in [0.25, 0.3) is 5.91 Å². The summed E-state index contributed by atoms with van der Waals surface area (Å²) in [6, 6.07) is 14.1. The first-order chi connectivity index (χ1) is 11.6. The Morgan fingerprint density at radius 3 is 2.46 bits per heavy atom. The van der Waals surface area contributed by atoms with Gasteiger partial charge in [0.1, 0.15) is 11.5 Å². The highest BCUT2D eigenvalue weighted by molar-refractivity contribution is 6.07. The molecule has 0 atom stereocenters. The number of hydrogen-bond acceptors (Lipinski definition) is 4. The quantitative estimate of drug-likeness (QED) is 0.628. The number of likely N-dealkylation sites (N-methyl/N-ethyl adjacent to an activating group) is 1. The molecule has 0 bridgehead atoms. The van der Waals surface area contributed by atoms with E-state index in [1.54, 1.807) is 44.5 Å². The number of allylic oxidation sites excluding steroid dienone is 1. The highest BCUT2D eigenvalue weighted by Crippen LogP contribution is 2.19. The van der Waals surface area contributed by atoms with Gasteiger partial charge >= 0.3 is 0 Å². The molecular formula is C19H19NO4. The highest BCUT2D eigenvalue weighted by atomic mass is 16.5. The lowest BCUT2D eigenvalue weighted by Gasteiger charge is -2.05. The second-order valence-corrected chi connectivity index (χ2v) is 4.93. The van der Waals surface area contributed by atoms with Crippen LogP contribution in [0.5, 0.6) is 11.5 Å². The minimum absolute atomic E-state index is 0.0580. The van der Waals surface area contributed by atoms with Gasteiger partial charge in [-0.25, -0.2) is 0 Å². The van der Waals surface area contributed by atoms with E-state index in [0.29, 0.717) is 17.1 Å². The summed E-state index contributed by atoms with van der Waals surface area (Å²) >= 11 is 0. The number of nitrogens with one attached hydrogen (secondary N) is 1. The summed E-state index contributed by atoms with van der Waals surface area (Å²) < 4.78 is 10.5. The first-order valence-electron chi connectivity index (χ1n) is 7.43. The molecule has 0 aliphatic rings. The van der Waals surface area contributed by atoms with Gasteiger partial charge in [-0.15, -0.1) is 0 Å². The normalized spacial score (nSPS) is 10.4. The van der Waals surface area contributed by atoms with Crippen molar-refractivity contribution < 1.29 is 19.1 Å². The minimum atomic E-state index is -0.213. The van der Waals surface area contributed by atoms with Crippen LogP contribution in [0.2, 0.25) is 0 Å². The van der Waals surface area contributed by atoms with Crippen LogP contribution < -0.4 is 14.8 Å². The third-order valence-electron chi connectivity index (χ3n) is 3.34. The molecule has 2 aromatic carbocycles. The molecule has 24 heavy (non-hydrogen) atoms. The molecule has 0 heterocycles. The van der Waals surface area contributed by atoms with Crippen molar-refractivity contribution in [2.75, 3.05) is 20.8 Å². The maximum atomic E-state index is 12.2. The molecule has 5 heteroatoms. The summed E-state index contributed by atoms with van der Waals surface area (Å²) in [6.45, 7) is -0.0580. The van der Waals surface area contributed by atoms with Gasteiger partial charge in [-0.3, -0.25) is 9.59 Å². The number of carbonyl (C=O) groups excluding carboxylic acids is 2. The second kappa shape index (κ2) is 8.53.